The number of pyridine rings is 2. The molecule has 1 aromatic carbocycles. The smallest absolute Gasteiger partial charge is 0.261 e. The minimum Gasteiger partial charge on any atom is -0.399 e. The highest BCUT2D eigenvalue weighted by Crippen LogP contribution is 2.38. The van der Waals surface area contributed by atoms with Gasteiger partial charge in [0, 0.05) is 25.5 Å². The van der Waals surface area contributed by atoms with E-state index in [2.05, 4.69) is 9.97 Å². The summed E-state index contributed by atoms with van der Waals surface area (Å²) in [7, 11) is 1.73. The summed E-state index contributed by atoms with van der Waals surface area (Å²) in [6.07, 6.45) is 5.63. The highest BCUT2D eigenvalue weighted by molar-refractivity contribution is 6.29. The molecule has 7 heteroatoms. The van der Waals surface area contributed by atoms with Crippen LogP contribution in [0.4, 0.5) is 23.0 Å². The highest BCUT2D eigenvalue weighted by Gasteiger charge is 2.30. The maximum absolute atomic E-state index is 13.2. The fourth-order valence-electron chi connectivity index (χ4n) is 3.31. The first-order valence-electron chi connectivity index (χ1n) is 9.23. The molecule has 2 N–H and O–H groups in total. The molecule has 0 spiro atoms. The molecule has 0 bridgehead atoms. The monoisotopic (exact) mass is 405 g/mol. The third-order valence-corrected chi connectivity index (χ3v) is 5.05. The Bertz CT molecular complexity index is 1110. The van der Waals surface area contributed by atoms with Crippen LogP contribution in [-0.2, 0) is 0 Å². The number of nitrogens with zero attached hydrogens (tertiary/aromatic N) is 4. The highest BCUT2D eigenvalue weighted by atomic mass is 35.5. The van der Waals surface area contributed by atoms with Crippen molar-refractivity contribution < 1.29 is 4.79 Å². The summed E-state index contributed by atoms with van der Waals surface area (Å²) >= 11 is 6.12. The molecule has 0 radical (unpaired) electrons. The Kier molecular flexibility index (Phi) is 4.94. The largest absolute Gasteiger partial charge is 0.399 e. The van der Waals surface area contributed by atoms with Crippen molar-refractivity contribution in [3.05, 3.63) is 70.5 Å². The van der Waals surface area contributed by atoms with Gasteiger partial charge in [-0.25, -0.2) is 9.97 Å². The topological polar surface area (TPSA) is 75.4 Å². The van der Waals surface area contributed by atoms with E-state index in [0.717, 1.165) is 16.8 Å². The van der Waals surface area contributed by atoms with Crippen molar-refractivity contribution in [2.45, 2.75) is 6.92 Å². The fourth-order valence-corrected chi connectivity index (χ4v) is 3.45. The van der Waals surface area contributed by atoms with E-state index in [4.69, 9.17) is 17.3 Å². The molecular weight excluding hydrogens is 386 g/mol. The number of fused-ring (bicyclic) bond motifs is 2. The Morgan fingerprint density at radius 1 is 1.07 bits per heavy atom. The average Bonchev–Trinajstić information content (AvgIpc) is 2.81. The fraction of sp³-hybridized carbons (Fsp3) is 0.136. The Balaban J connectivity index is 1.77. The first-order valence-corrected chi connectivity index (χ1v) is 9.61. The van der Waals surface area contributed by atoms with Crippen molar-refractivity contribution in [1.29, 1.82) is 0 Å². The molecule has 2 aromatic heterocycles. The van der Waals surface area contributed by atoms with Crippen LogP contribution in [0.1, 0.15) is 28.4 Å². The van der Waals surface area contributed by atoms with Gasteiger partial charge in [0.25, 0.3) is 5.91 Å². The lowest BCUT2D eigenvalue weighted by atomic mass is 10.1. The predicted molar refractivity (Wildman–Crippen MR) is 119 cm³/mol. The number of hydrogen-bond donors (Lipinski definition) is 1. The minimum atomic E-state index is -0.142. The van der Waals surface area contributed by atoms with Crippen molar-refractivity contribution in [2.75, 3.05) is 29.1 Å². The zero-order valence-electron chi connectivity index (χ0n) is 16.1. The second-order valence-corrected chi connectivity index (χ2v) is 7.11. The lowest BCUT2D eigenvalue weighted by molar-refractivity contribution is 0.0994. The van der Waals surface area contributed by atoms with Crippen molar-refractivity contribution in [3.63, 3.8) is 0 Å². The minimum absolute atomic E-state index is 0.142. The molecule has 1 amide bonds. The van der Waals surface area contributed by atoms with E-state index >= 15 is 0 Å². The Labute approximate surface area is 174 Å². The molecule has 1 aliphatic heterocycles. The van der Waals surface area contributed by atoms with Gasteiger partial charge < -0.3 is 15.5 Å². The molecule has 0 fully saturated rings. The molecule has 3 heterocycles. The van der Waals surface area contributed by atoms with E-state index in [0.29, 0.717) is 34.6 Å². The summed E-state index contributed by atoms with van der Waals surface area (Å²) in [5.74, 6) is 1.05. The van der Waals surface area contributed by atoms with Crippen molar-refractivity contribution >= 4 is 52.7 Å². The van der Waals surface area contributed by atoms with Crippen LogP contribution in [-0.4, -0.2) is 29.5 Å². The van der Waals surface area contributed by atoms with E-state index in [1.54, 1.807) is 30.3 Å². The van der Waals surface area contributed by atoms with Gasteiger partial charge in [-0.1, -0.05) is 35.9 Å². The number of hydrogen-bond acceptors (Lipinski definition) is 5. The Hall–Kier alpha value is -3.38. The quantitative estimate of drug-likeness (QED) is 0.507. The molecule has 146 valence electrons. The van der Waals surface area contributed by atoms with Gasteiger partial charge in [0.2, 0.25) is 0 Å². The first-order chi connectivity index (χ1) is 14.0. The van der Waals surface area contributed by atoms with Crippen LogP contribution in [0.5, 0.6) is 0 Å². The third kappa shape index (κ3) is 3.54. The summed E-state index contributed by atoms with van der Waals surface area (Å²) in [4.78, 5) is 25.7. The van der Waals surface area contributed by atoms with Crippen LogP contribution in [0.3, 0.4) is 0 Å². The lowest BCUT2D eigenvalue weighted by Gasteiger charge is -2.22. The van der Waals surface area contributed by atoms with Crippen molar-refractivity contribution in [3.8, 4) is 0 Å². The zero-order valence-corrected chi connectivity index (χ0v) is 16.9. The molecular formula is C22H20ClN5O. The van der Waals surface area contributed by atoms with Crippen LogP contribution in [0.15, 0.2) is 48.7 Å². The number of carbonyl (C=O) groups is 1. The second kappa shape index (κ2) is 7.56. The number of nitrogen functional groups attached to an aromatic ring is 1. The van der Waals surface area contributed by atoms with Gasteiger partial charge in [-0.2, -0.15) is 0 Å². The predicted octanol–water partition coefficient (Wildman–Crippen LogP) is 4.63. The van der Waals surface area contributed by atoms with Crippen molar-refractivity contribution in [2.24, 2.45) is 0 Å². The number of anilines is 4. The number of amides is 1. The van der Waals surface area contributed by atoms with Gasteiger partial charge >= 0.3 is 0 Å². The number of aromatic nitrogens is 2. The molecule has 3 aromatic rings. The average molecular weight is 406 g/mol. The zero-order chi connectivity index (χ0) is 20.5. The maximum Gasteiger partial charge on any atom is 0.261 e. The summed E-state index contributed by atoms with van der Waals surface area (Å²) in [6.45, 7) is 2.59. The molecule has 6 nitrogen and oxygen atoms in total. The number of benzene rings is 1. The van der Waals surface area contributed by atoms with Gasteiger partial charge in [-0.15, -0.1) is 0 Å². The molecule has 0 saturated carbocycles. The number of nitrogens with two attached hydrogens (primary N) is 1. The van der Waals surface area contributed by atoms with Crippen LogP contribution in [0.25, 0.3) is 12.2 Å². The first kappa shape index (κ1) is 19.0. The molecule has 0 saturated heterocycles. The molecule has 0 aliphatic carbocycles. The van der Waals surface area contributed by atoms with Crippen LogP contribution in [0.2, 0.25) is 5.15 Å². The number of rotatable bonds is 3. The van der Waals surface area contributed by atoms with E-state index in [-0.39, 0.29) is 5.91 Å². The summed E-state index contributed by atoms with van der Waals surface area (Å²) in [5.41, 5.74) is 9.50. The molecule has 4 rings (SSSR count). The standard InChI is InChI=1S/C22H20ClN5O/c1-3-28-20-17(22(29)27(2)18-10-11-19(23)26-21(18)28)12-15(13-25-20)5-4-14-6-8-16(24)9-7-14/h4-13H,3,24H2,1-2H3/b5-4+. The van der Waals surface area contributed by atoms with E-state index < -0.39 is 0 Å². The molecule has 1 aliphatic rings. The Morgan fingerprint density at radius 2 is 1.79 bits per heavy atom. The Morgan fingerprint density at radius 3 is 2.52 bits per heavy atom. The van der Waals surface area contributed by atoms with Crippen LogP contribution in [0, 0.1) is 0 Å². The van der Waals surface area contributed by atoms with E-state index in [9.17, 15) is 4.79 Å². The van der Waals surface area contributed by atoms with E-state index in [1.165, 1.54) is 0 Å². The second-order valence-electron chi connectivity index (χ2n) is 6.72. The summed E-state index contributed by atoms with van der Waals surface area (Å²) in [5, 5.41) is 0.370. The maximum atomic E-state index is 13.2. The van der Waals surface area contributed by atoms with Gasteiger partial charge in [0.1, 0.15) is 11.0 Å². The number of halogens is 1. The van der Waals surface area contributed by atoms with Gasteiger partial charge in [-0.05, 0) is 48.4 Å². The van der Waals surface area contributed by atoms with Gasteiger partial charge in [0.05, 0.1) is 11.3 Å². The van der Waals surface area contributed by atoms with Crippen LogP contribution < -0.4 is 15.5 Å². The van der Waals surface area contributed by atoms with Crippen LogP contribution >= 0.6 is 11.6 Å². The third-order valence-electron chi connectivity index (χ3n) is 4.84. The van der Waals surface area contributed by atoms with Gasteiger partial charge in [0.15, 0.2) is 5.82 Å². The van der Waals surface area contributed by atoms with Gasteiger partial charge in [-0.3, -0.25) is 4.79 Å². The lowest BCUT2D eigenvalue weighted by Crippen LogP contribution is -2.25. The normalized spacial score (nSPS) is 13.4. The molecule has 0 unspecified atom stereocenters. The molecule has 0 atom stereocenters. The summed E-state index contributed by atoms with van der Waals surface area (Å²) in [6, 6.07) is 12.9. The SMILES string of the molecule is CCN1c2ncc(/C=C/c3ccc(N)cc3)cc2C(=O)N(C)c2ccc(Cl)nc21. The van der Waals surface area contributed by atoms with Crippen molar-refractivity contribution in [1.82, 2.24) is 9.97 Å². The summed E-state index contributed by atoms with van der Waals surface area (Å²) < 4.78 is 0. The van der Waals surface area contributed by atoms with E-state index in [1.807, 2.05) is 54.3 Å². The number of carbonyl (C=O) groups excluding carboxylic acids is 1. The molecule has 29 heavy (non-hydrogen) atoms.